The largest absolute Gasteiger partial charge is 0.465 e. The third-order valence-corrected chi connectivity index (χ3v) is 2.31. The van der Waals surface area contributed by atoms with Crippen molar-refractivity contribution in [1.29, 1.82) is 0 Å². The van der Waals surface area contributed by atoms with E-state index in [9.17, 15) is 0 Å². The minimum Gasteiger partial charge on any atom is -0.465 e. The van der Waals surface area contributed by atoms with E-state index in [1.165, 1.54) is 0 Å². The molecule has 1 aromatic heterocycles. The van der Waals surface area contributed by atoms with Crippen molar-refractivity contribution in [3.8, 4) is 0 Å². The Balaban J connectivity index is 3.11. The number of rotatable bonds is 2. The topological polar surface area (TPSA) is 39.2 Å². The minimum absolute atomic E-state index is 0.0316. The zero-order chi connectivity index (χ0) is 10.9. The van der Waals surface area contributed by atoms with Crippen molar-refractivity contribution in [1.82, 2.24) is 0 Å². The Morgan fingerprint density at radius 2 is 2.07 bits per heavy atom. The van der Waals surface area contributed by atoms with Gasteiger partial charge in [-0.25, -0.2) is 0 Å². The molecule has 0 unspecified atom stereocenters. The zero-order valence-corrected chi connectivity index (χ0v) is 9.42. The van der Waals surface area contributed by atoms with E-state index in [-0.39, 0.29) is 11.5 Å². The van der Waals surface area contributed by atoms with Crippen molar-refractivity contribution in [3.63, 3.8) is 0 Å². The van der Waals surface area contributed by atoms with Crippen LogP contribution in [0.1, 0.15) is 43.9 Å². The molecule has 78 valence electrons. The maximum atomic E-state index is 5.87. The summed E-state index contributed by atoms with van der Waals surface area (Å²) < 4.78 is 5.67. The van der Waals surface area contributed by atoms with E-state index in [0.717, 1.165) is 17.1 Å². The van der Waals surface area contributed by atoms with Crippen LogP contribution in [0.4, 0.5) is 0 Å². The van der Waals surface area contributed by atoms with Crippen LogP contribution in [0.25, 0.3) is 0 Å². The molecule has 2 nitrogen and oxygen atoms in total. The molecule has 2 N–H and O–H groups in total. The number of hydrogen-bond acceptors (Lipinski definition) is 2. The summed E-state index contributed by atoms with van der Waals surface area (Å²) >= 11 is 0. The van der Waals surface area contributed by atoms with Crippen molar-refractivity contribution in [3.05, 3.63) is 35.8 Å². The smallest absolute Gasteiger partial charge is 0.109 e. The molecule has 0 bridgehead atoms. The van der Waals surface area contributed by atoms with Crippen LogP contribution in [-0.2, 0) is 5.41 Å². The maximum Gasteiger partial charge on any atom is 0.109 e. The normalized spacial score (nSPS) is 14.1. The number of nitrogens with two attached hydrogens (primary N) is 1. The van der Waals surface area contributed by atoms with E-state index in [0.29, 0.717) is 0 Å². The van der Waals surface area contributed by atoms with Crippen LogP contribution in [-0.4, -0.2) is 0 Å². The fourth-order valence-corrected chi connectivity index (χ4v) is 1.32. The molecular formula is C12H19NO. The van der Waals surface area contributed by atoms with Crippen LogP contribution < -0.4 is 5.73 Å². The Morgan fingerprint density at radius 1 is 1.50 bits per heavy atom. The average Bonchev–Trinajstić information content (AvgIpc) is 2.45. The Kier molecular flexibility index (Phi) is 2.86. The summed E-state index contributed by atoms with van der Waals surface area (Å²) in [5.74, 6) is 1.87. The molecule has 0 aliphatic rings. The van der Waals surface area contributed by atoms with Gasteiger partial charge in [0.05, 0.1) is 6.04 Å². The first-order valence-electron chi connectivity index (χ1n) is 4.85. The second-order valence-corrected chi connectivity index (χ2v) is 4.63. The molecule has 1 heterocycles. The van der Waals surface area contributed by atoms with Gasteiger partial charge in [-0.2, -0.15) is 0 Å². The van der Waals surface area contributed by atoms with Gasteiger partial charge in [0.1, 0.15) is 11.5 Å². The van der Waals surface area contributed by atoms with Crippen LogP contribution in [0.3, 0.4) is 0 Å². The average molecular weight is 193 g/mol. The molecule has 0 fully saturated rings. The standard InChI is InChI=1S/C12H19NO/c1-6-10(13)9-7-11(12(3,4)5)14-8(9)2/h6-7,10H,1,13H2,2-5H3/t10-/m0/s1. The summed E-state index contributed by atoms with van der Waals surface area (Å²) in [6.07, 6.45) is 1.73. The van der Waals surface area contributed by atoms with Gasteiger partial charge in [0.15, 0.2) is 0 Å². The molecule has 0 aliphatic heterocycles. The Bertz CT molecular complexity index is 331. The molecule has 0 spiro atoms. The Labute approximate surface area is 85.8 Å². The van der Waals surface area contributed by atoms with E-state index >= 15 is 0 Å². The third kappa shape index (κ3) is 2.07. The van der Waals surface area contributed by atoms with Gasteiger partial charge >= 0.3 is 0 Å². The summed E-state index contributed by atoms with van der Waals surface area (Å²) in [5, 5.41) is 0. The summed E-state index contributed by atoms with van der Waals surface area (Å²) in [6, 6.07) is 1.90. The predicted molar refractivity (Wildman–Crippen MR) is 59.3 cm³/mol. The molecule has 1 aromatic rings. The molecule has 1 atom stereocenters. The molecule has 0 amide bonds. The second kappa shape index (κ2) is 3.62. The fraction of sp³-hybridized carbons (Fsp3) is 0.500. The zero-order valence-electron chi connectivity index (χ0n) is 9.42. The lowest BCUT2D eigenvalue weighted by atomic mass is 9.92. The molecule has 0 saturated heterocycles. The lowest BCUT2D eigenvalue weighted by Crippen LogP contribution is -2.10. The molecule has 0 saturated carbocycles. The van der Waals surface area contributed by atoms with Crippen molar-refractivity contribution >= 4 is 0 Å². The van der Waals surface area contributed by atoms with Crippen molar-refractivity contribution in [2.75, 3.05) is 0 Å². The quantitative estimate of drug-likeness (QED) is 0.733. The number of aryl methyl sites for hydroxylation is 1. The van der Waals surface area contributed by atoms with Gasteiger partial charge in [0, 0.05) is 11.0 Å². The Morgan fingerprint density at radius 3 is 2.43 bits per heavy atom. The second-order valence-electron chi connectivity index (χ2n) is 4.63. The monoisotopic (exact) mass is 193 g/mol. The summed E-state index contributed by atoms with van der Waals surface area (Å²) in [6.45, 7) is 12.0. The lowest BCUT2D eigenvalue weighted by molar-refractivity contribution is 0.394. The third-order valence-electron chi connectivity index (χ3n) is 2.31. The summed E-state index contributed by atoms with van der Waals surface area (Å²) in [7, 11) is 0. The van der Waals surface area contributed by atoms with Crippen LogP contribution in [0.5, 0.6) is 0 Å². The van der Waals surface area contributed by atoms with E-state index in [1.54, 1.807) is 6.08 Å². The van der Waals surface area contributed by atoms with Crippen LogP contribution >= 0.6 is 0 Å². The maximum absolute atomic E-state index is 5.87. The highest BCUT2D eigenvalue weighted by atomic mass is 16.3. The Hall–Kier alpha value is -1.02. The van der Waals surface area contributed by atoms with Gasteiger partial charge in [0.2, 0.25) is 0 Å². The van der Waals surface area contributed by atoms with Crippen LogP contribution in [0.15, 0.2) is 23.1 Å². The van der Waals surface area contributed by atoms with Gasteiger partial charge in [-0.1, -0.05) is 26.8 Å². The van der Waals surface area contributed by atoms with Gasteiger partial charge in [0.25, 0.3) is 0 Å². The van der Waals surface area contributed by atoms with Crippen molar-refractivity contribution in [2.24, 2.45) is 5.73 Å². The first kappa shape index (κ1) is 11.1. The van der Waals surface area contributed by atoms with Gasteiger partial charge in [-0.15, -0.1) is 6.58 Å². The first-order chi connectivity index (χ1) is 6.36. The molecule has 0 aliphatic carbocycles. The molecule has 0 radical (unpaired) electrons. The van der Waals surface area contributed by atoms with Crippen molar-refractivity contribution in [2.45, 2.75) is 39.2 Å². The SMILES string of the molecule is C=C[C@H](N)c1cc(C(C)(C)C)oc1C. The minimum atomic E-state index is -0.130. The molecule has 1 rings (SSSR count). The lowest BCUT2D eigenvalue weighted by Gasteiger charge is -2.13. The number of furan rings is 1. The highest BCUT2D eigenvalue weighted by molar-refractivity contribution is 5.29. The van der Waals surface area contributed by atoms with Gasteiger partial charge < -0.3 is 10.2 Å². The first-order valence-corrected chi connectivity index (χ1v) is 4.85. The fourth-order valence-electron chi connectivity index (χ4n) is 1.32. The molecular weight excluding hydrogens is 174 g/mol. The van der Waals surface area contributed by atoms with Gasteiger partial charge in [-0.05, 0) is 13.0 Å². The predicted octanol–water partition coefficient (Wildman–Crippen LogP) is 3.07. The summed E-state index contributed by atoms with van der Waals surface area (Å²) in [5.41, 5.74) is 6.94. The van der Waals surface area contributed by atoms with E-state index < -0.39 is 0 Å². The molecule has 2 heteroatoms. The van der Waals surface area contributed by atoms with Crippen LogP contribution in [0.2, 0.25) is 0 Å². The summed E-state index contributed by atoms with van der Waals surface area (Å²) in [4.78, 5) is 0. The highest BCUT2D eigenvalue weighted by Gasteiger charge is 2.21. The van der Waals surface area contributed by atoms with Gasteiger partial charge in [-0.3, -0.25) is 0 Å². The van der Waals surface area contributed by atoms with E-state index in [4.69, 9.17) is 10.2 Å². The molecule has 0 aromatic carbocycles. The highest BCUT2D eigenvalue weighted by Crippen LogP contribution is 2.29. The number of hydrogen-bond donors (Lipinski definition) is 1. The van der Waals surface area contributed by atoms with E-state index in [2.05, 4.69) is 27.4 Å². The van der Waals surface area contributed by atoms with Crippen molar-refractivity contribution < 1.29 is 4.42 Å². The molecule has 14 heavy (non-hydrogen) atoms. The van der Waals surface area contributed by atoms with E-state index in [1.807, 2.05) is 13.0 Å². The van der Waals surface area contributed by atoms with Crippen LogP contribution in [0, 0.1) is 6.92 Å².